The zero-order valence-corrected chi connectivity index (χ0v) is 16.3. The molecule has 1 N–H and O–H groups in total. The fourth-order valence-corrected chi connectivity index (χ4v) is 4.16. The van der Waals surface area contributed by atoms with Gasteiger partial charge in [-0.1, -0.05) is 18.1 Å². The molecule has 8 nitrogen and oxygen atoms in total. The second kappa shape index (κ2) is 8.20. The number of aryl methyl sites for hydroxylation is 1. The lowest BCUT2D eigenvalue weighted by molar-refractivity contribution is 0.0617. The Kier molecular flexibility index (Phi) is 5.93. The average molecular weight is 392 g/mol. The lowest BCUT2D eigenvalue weighted by Crippen LogP contribution is -2.48. The number of hydrogen-bond donors (Lipinski definition) is 1. The van der Waals surface area contributed by atoms with Crippen molar-refractivity contribution in [2.45, 2.75) is 25.3 Å². The van der Waals surface area contributed by atoms with Crippen LogP contribution < -0.4 is 4.72 Å². The van der Waals surface area contributed by atoms with Crippen LogP contribution in [0.2, 0.25) is 0 Å². The van der Waals surface area contributed by atoms with Crippen molar-refractivity contribution in [2.24, 2.45) is 0 Å². The zero-order chi connectivity index (χ0) is 19.4. The first-order valence-corrected chi connectivity index (χ1v) is 10.4. The van der Waals surface area contributed by atoms with Gasteiger partial charge in [0.15, 0.2) is 5.76 Å². The third-order valence-electron chi connectivity index (χ3n) is 4.44. The molecule has 146 valence electrons. The van der Waals surface area contributed by atoms with E-state index < -0.39 is 10.0 Å². The van der Waals surface area contributed by atoms with Crippen molar-refractivity contribution in [3.8, 4) is 0 Å². The van der Waals surface area contributed by atoms with Crippen LogP contribution in [0.4, 0.5) is 0 Å². The van der Waals surface area contributed by atoms with Crippen LogP contribution in [0.5, 0.6) is 0 Å². The van der Waals surface area contributed by atoms with Gasteiger partial charge < -0.3 is 9.42 Å². The van der Waals surface area contributed by atoms with E-state index in [1.807, 2.05) is 13.0 Å². The molecule has 1 aromatic heterocycles. The van der Waals surface area contributed by atoms with E-state index in [-0.39, 0.29) is 10.8 Å². The van der Waals surface area contributed by atoms with Crippen LogP contribution in [0.15, 0.2) is 39.8 Å². The van der Waals surface area contributed by atoms with Crippen molar-refractivity contribution in [1.29, 1.82) is 0 Å². The van der Waals surface area contributed by atoms with E-state index in [1.54, 1.807) is 24.0 Å². The average Bonchev–Trinajstić information content (AvgIpc) is 3.06. The molecule has 1 aliphatic rings. The maximum Gasteiger partial charge on any atom is 0.253 e. The molecule has 1 aromatic carbocycles. The quantitative estimate of drug-likeness (QED) is 0.795. The molecular formula is C18H24N4O4S. The highest BCUT2D eigenvalue weighted by molar-refractivity contribution is 7.89. The van der Waals surface area contributed by atoms with Gasteiger partial charge in [-0.25, -0.2) is 13.1 Å². The molecule has 0 aliphatic carbocycles. The molecule has 0 bridgehead atoms. The number of carbonyl (C=O) groups excluding carboxylic acids is 1. The predicted molar refractivity (Wildman–Crippen MR) is 99.7 cm³/mol. The number of nitrogens with one attached hydrogen (secondary N) is 1. The number of nitrogens with zero attached hydrogens (tertiary/aromatic N) is 3. The highest BCUT2D eigenvalue weighted by atomic mass is 32.2. The second-order valence-electron chi connectivity index (χ2n) is 6.53. The number of sulfonamides is 1. The molecule has 1 amide bonds. The molecule has 27 heavy (non-hydrogen) atoms. The van der Waals surface area contributed by atoms with Crippen molar-refractivity contribution in [1.82, 2.24) is 19.7 Å². The van der Waals surface area contributed by atoms with Crippen LogP contribution in [0.1, 0.15) is 28.7 Å². The molecule has 0 spiro atoms. The smallest absolute Gasteiger partial charge is 0.253 e. The minimum Gasteiger partial charge on any atom is -0.360 e. The fraction of sp³-hybridized carbons (Fsp3) is 0.444. The van der Waals surface area contributed by atoms with Gasteiger partial charge in [0.25, 0.3) is 5.91 Å². The standard InChI is InChI=1S/C18H24N4O4S/c1-3-19-27(24,25)17-6-4-5-15(12-17)18(23)22-9-7-21(8-10-22)13-16-11-14(2)20-26-16/h4-6,11-12,19H,3,7-10,13H2,1-2H3. The molecule has 0 unspecified atom stereocenters. The van der Waals surface area contributed by atoms with Crippen molar-refractivity contribution in [3.63, 3.8) is 0 Å². The summed E-state index contributed by atoms with van der Waals surface area (Å²) in [6.45, 7) is 7.17. The van der Waals surface area contributed by atoms with Crippen molar-refractivity contribution in [2.75, 3.05) is 32.7 Å². The summed E-state index contributed by atoms with van der Waals surface area (Å²) in [5, 5.41) is 3.89. The molecule has 9 heteroatoms. The monoisotopic (exact) mass is 392 g/mol. The normalized spacial score (nSPS) is 15.9. The zero-order valence-electron chi connectivity index (χ0n) is 15.5. The summed E-state index contributed by atoms with van der Waals surface area (Å²) in [7, 11) is -3.58. The highest BCUT2D eigenvalue weighted by Gasteiger charge is 2.24. The van der Waals surface area contributed by atoms with Gasteiger partial charge in [-0.05, 0) is 25.1 Å². The number of aromatic nitrogens is 1. The number of hydrogen-bond acceptors (Lipinski definition) is 6. The maximum absolute atomic E-state index is 12.8. The molecule has 1 fully saturated rings. The largest absolute Gasteiger partial charge is 0.360 e. The van der Waals surface area contributed by atoms with E-state index in [0.717, 1.165) is 24.5 Å². The van der Waals surface area contributed by atoms with E-state index in [1.165, 1.54) is 12.1 Å². The third kappa shape index (κ3) is 4.74. The van der Waals surface area contributed by atoms with E-state index in [2.05, 4.69) is 14.8 Å². The van der Waals surface area contributed by atoms with E-state index in [4.69, 9.17) is 4.52 Å². The summed E-state index contributed by atoms with van der Waals surface area (Å²) < 4.78 is 32.0. The van der Waals surface area contributed by atoms with Crippen molar-refractivity contribution >= 4 is 15.9 Å². The summed E-state index contributed by atoms with van der Waals surface area (Å²) in [6, 6.07) is 8.08. The van der Waals surface area contributed by atoms with Crippen molar-refractivity contribution < 1.29 is 17.7 Å². The van der Waals surface area contributed by atoms with Crippen LogP contribution in [-0.2, 0) is 16.6 Å². The highest BCUT2D eigenvalue weighted by Crippen LogP contribution is 2.16. The first-order valence-electron chi connectivity index (χ1n) is 8.92. The van der Waals surface area contributed by atoms with Gasteiger partial charge in [-0.3, -0.25) is 9.69 Å². The first-order chi connectivity index (χ1) is 12.9. The van der Waals surface area contributed by atoms with E-state index in [9.17, 15) is 13.2 Å². The number of amides is 1. The molecule has 2 aromatic rings. The fourth-order valence-electron chi connectivity index (χ4n) is 3.07. The first kappa shape index (κ1) is 19.5. The SMILES string of the molecule is CCNS(=O)(=O)c1cccc(C(=O)N2CCN(Cc3cc(C)no3)CC2)c1. The van der Waals surface area contributed by atoms with Crippen molar-refractivity contribution in [3.05, 3.63) is 47.3 Å². The predicted octanol–water partition coefficient (Wildman–Crippen LogP) is 1.24. The number of benzene rings is 1. The lowest BCUT2D eigenvalue weighted by Gasteiger charge is -2.34. The van der Waals surface area contributed by atoms with Crippen LogP contribution in [0, 0.1) is 6.92 Å². The third-order valence-corrected chi connectivity index (χ3v) is 5.98. The van der Waals surface area contributed by atoms with Crippen LogP contribution in [0.25, 0.3) is 0 Å². The van der Waals surface area contributed by atoms with Gasteiger partial charge in [0, 0.05) is 44.4 Å². The minimum atomic E-state index is -3.58. The van der Waals surface area contributed by atoms with E-state index in [0.29, 0.717) is 31.7 Å². The lowest BCUT2D eigenvalue weighted by atomic mass is 10.2. The second-order valence-corrected chi connectivity index (χ2v) is 8.30. The maximum atomic E-state index is 12.8. The summed E-state index contributed by atoms with van der Waals surface area (Å²) in [6.07, 6.45) is 0. The summed E-state index contributed by atoms with van der Waals surface area (Å²) in [4.78, 5) is 16.8. The minimum absolute atomic E-state index is 0.106. The Labute approximate surface area is 159 Å². The molecule has 0 atom stereocenters. The van der Waals surface area contributed by atoms with Gasteiger partial charge in [-0.2, -0.15) is 0 Å². The molecule has 2 heterocycles. The van der Waals surface area contributed by atoms with Gasteiger partial charge in [0.1, 0.15) is 0 Å². The molecule has 1 aliphatic heterocycles. The van der Waals surface area contributed by atoms with E-state index >= 15 is 0 Å². The van der Waals surface area contributed by atoms with Crippen LogP contribution in [-0.4, -0.2) is 62.0 Å². The van der Waals surface area contributed by atoms with Gasteiger partial charge >= 0.3 is 0 Å². The summed E-state index contributed by atoms with van der Waals surface area (Å²) in [5.41, 5.74) is 1.24. The number of rotatable bonds is 6. The number of carbonyl (C=O) groups is 1. The summed E-state index contributed by atoms with van der Waals surface area (Å²) in [5.74, 6) is 0.660. The topological polar surface area (TPSA) is 95.8 Å². The molecule has 0 saturated carbocycles. The van der Waals surface area contributed by atoms with Gasteiger partial charge in [0.2, 0.25) is 10.0 Å². The molecule has 1 saturated heterocycles. The molecule has 0 radical (unpaired) electrons. The Hall–Kier alpha value is -2.23. The Morgan fingerprint density at radius 3 is 2.59 bits per heavy atom. The van der Waals surface area contributed by atoms with Gasteiger partial charge in [0.05, 0.1) is 17.1 Å². The Morgan fingerprint density at radius 2 is 1.96 bits per heavy atom. The Morgan fingerprint density at radius 1 is 1.22 bits per heavy atom. The van der Waals surface area contributed by atoms with Crippen LogP contribution in [0.3, 0.4) is 0 Å². The Bertz CT molecular complexity index is 902. The Balaban J connectivity index is 1.62. The van der Waals surface area contributed by atoms with Crippen LogP contribution >= 0.6 is 0 Å². The summed E-state index contributed by atoms with van der Waals surface area (Å²) >= 11 is 0. The molecular weight excluding hydrogens is 368 g/mol. The number of piperazine rings is 1. The molecule has 3 rings (SSSR count). The van der Waals surface area contributed by atoms with Gasteiger partial charge in [-0.15, -0.1) is 0 Å².